The molecule has 0 aliphatic heterocycles. The molecule has 0 amide bonds. The van der Waals surface area contributed by atoms with Gasteiger partial charge in [0.05, 0.1) is 4.47 Å². The lowest BCUT2D eigenvalue weighted by molar-refractivity contribution is 0.0690. The van der Waals surface area contributed by atoms with Gasteiger partial charge in [0.15, 0.2) is 0 Å². The van der Waals surface area contributed by atoms with Gasteiger partial charge in [0.1, 0.15) is 11.5 Å². The van der Waals surface area contributed by atoms with Crippen LogP contribution in [-0.2, 0) is 0 Å². The molecular weight excluding hydrogens is 253 g/mol. The van der Waals surface area contributed by atoms with E-state index in [1.54, 1.807) is 0 Å². The van der Waals surface area contributed by atoms with E-state index >= 15 is 0 Å². The summed E-state index contributed by atoms with van der Waals surface area (Å²) < 4.78 is 13.2. The number of aromatic nitrogens is 1. The summed E-state index contributed by atoms with van der Waals surface area (Å²) in [5.74, 6) is -1.47. The number of benzene rings is 1. The fraction of sp³-hybridized carbons (Fsp3) is 0. The summed E-state index contributed by atoms with van der Waals surface area (Å²) >= 11 is 3.11. The van der Waals surface area contributed by atoms with Gasteiger partial charge >= 0.3 is 5.97 Å². The Morgan fingerprint density at radius 3 is 2.86 bits per heavy atom. The third-order valence-electron chi connectivity index (χ3n) is 1.91. The highest BCUT2D eigenvalue weighted by molar-refractivity contribution is 9.10. The Hall–Kier alpha value is -1.36. The van der Waals surface area contributed by atoms with Gasteiger partial charge in [-0.15, -0.1) is 0 Å². The van der Waals surface area contributed by atoms with E-state index in [1.165, 1.54) is 18.2 Å². The Kier molecular flexibility index (Phi) is 2.03. The molecule has 5 heteroatoms. The van der Waals surface area contributed by atoms with Gasteiger partial charge in [0, 0.05) is 10.9 Å². The van der Waals surface area contributed by atoms with Gasteiger partial charge in [0.2, 0.25) is 0 Å². The van der Waals surface area contributed by atoms with Crippen molar-refractivity contribution in [2.45, 2.75) is 0 Å². The Labute approximate surface area is 86.7 Å². The van der Waals surface area contributed by atoms with Crippen molar-refractivity contribution in [3.05, 3.63) is 34.2 Å². The molecule has 0 fully saturated rings. The maximum atomic E-state index is 12.8. The third kappa shape index (κ3) is 1.29. The molecule has 1 aromatic carbocycles. The molecule has 2 N–H and O–H groups in total. The molecule has 0 saturated carbocycles. The zero-order valence-corrected chi connectivity index (χ0v) is 8.43. The topological polar surface area (TPSA) is 53.1 Å². The summed E-state index contributed by atoms with van der Waals surface area (Å²) in [5, 5.41) is 9.31. The Balaban J connectivity index is 2.80. The second-order valence-electron chi connectivity index (χ2n) is 2.81. The maximum Gasteiger partial charge on any atom is 0.353 e. The molecule has 14 heavy (non-hydrogen) atoms. The van der Waals surface area contributed by atoms with E-state index in [1.807, 2.05) is 0 Å². The zero-order chi connectivity index (χ0) is 10.3. The average molecular weight is 258 g/mol. The van der Waals surface area contributed by atoms with Gasteiger partial charge in [-0.1, -0.05) is 0 Å². The largest absolute Gasteiger partial charge is 0.477 e. The first kappa shape index (κ1) is 9.21. The van der Waals surface area contributed by atoms with E-state index in [9.17, 15) is 9.18 Å². The van der Waals surface area contributed by atoms with Crippen molar-refractivity contribution in [1.82, 2.24) is 4.98 Å². The molecule has 1 aromatic heterocycles. The second kappa shape index (κ2) is 3.09. The van der Waals surface area contributed by atoms with Crippen LogP contribution in [0, 0.1) is 5.82 Å². The Bertz CT molecular complexity index is 521. The number of nitrogens with one attached hydrogen (secondary N) is 1. The molecule has 0 saturated heterocycles. The summed E-state index contributed by atoms with van der Waals surface area (Å²) in [6, 6.07) is 4.06. The molecule has 0 aliphatic carbocycles. The van der Waals surface area contributed by atoms with E-state index in [2.05, 4.69) is 20.9 Å². The van der Waals surface area contributed by atoms with Crippen molar-refractivity contribution in [2.75, 3.05) is 0 Å². The molecule has 0 bridgehead atoms. The number of carboxylic acid groups (broad SMARTS) is 1. The fourth-order valence-electron chi connectivity index (χ4n) is 1.28. The lowest BCUT2D eigenvalue weighted by Crippen LogP contribution is -1.96. The molecule has 0 spiro atoms. The SMILES string of the molecule is O=C(O)c1[nH]c2ccc(F)cc2c1Br. The van der Waals surface area contributed by atoms with Crippen molar-refractivity contribution in [3.63, 3.8) is 0 Å². The van der Waals surface area contributed by atoms with Crippen LogP contribution in [0.3, 0.4) is 0 Å². The molecular formula is C9H5BrFNO2. The number of hydrogen-bond donors (Lipinski definition) is 2. The van der Waals surface area contributed by atoms with Gasteiger partial charge in [-0.2, -0.15) is 0 Å². The van der Waals surface area contributed by atoms with Crippen LogP contribution in [0.4, 0.5) is 4.39 Å². The van der Waals surface area contributed by atoms with Crippen LogP contribution in [0.25, 0.3) is 10.9 Å². The first-order valence-corrected chi connectivity index (χ1v) is 4.59. The van der Waals surface area contributed by atoms with Gasteiger partial charge < -0.3 is 10.1 Å². The van der Waals surface area contributed by atoms with Crippen molar-refractivity contribution in [1.29, 1.82) is 0 Å². The van der Waals surface area contributed by atoms with Crippen molar-refractivity contribution >= 4 is 32.8 Å². The predicted molar refractivity (Wildman–Crippen MR) is 52.9 cm³/mol. The average Bonchev–Trinajstić information content (AvgIpc) is 2.44. The minimum atomic E-state index is -1.08. The van der Waals surface area contributed by atoms with Crippen LogP contribution < -0.4 is 0 Å². The zero-order valence-electron chi connectivity index (χ0n) is 6.84. The highest BCUT2D eigenvalue weighted by Gasteiger charge is 2.14. The van der Waals surface area contributed by atoms with Crippen LogP contribution in [0.15, 0.2) is 22.7 Å². The number of carbonyl (C=O) groups is 1. The molecule has 3 nitrogen and oxygen atoms in total. The van der Waals surface area contributed by atoms with Gasteiger partial charge in [0.25, 0.3) is 0 Å². The van der Waals surface area contributed by atoms with E-state index in [0.29, 0.717) is 15.4 Å². The summed E-state index contributed by atoms with van der Waals surface area (Å²) in [6.45, 7) is 0. The first-order valence-electron chi connectivity index (χ1n) is 3.79. The first-order chi connectivity index (χ1) is 6.59. The molecule has 0 radical (unpaired) electrons. The normalized spacial score (nSPS) is 10.7. The molecule has 0 unspecified atom stereocenters. The number of aromatic amines is 1. The van der Waals surface area contributed by atoms with E-state index in [-0.39, 0.29) is 5.69 Å². The van der Waals surface area contributed by atoms with Crippen LogP contribution in [-0.4, -0.2) is 16.1 Å². The summed E-state index contributed by atoms with van der Waals surface area (Å²) in [4.78, 5) is 13.4. The van der Waals surface area contributed by atoms with E-state index < -0.39 is 11.8 Å². The minimum absolute atomic E-state index is 0.0330. The van der Waals surface area contributed by atoms with Crippen LogP contribution >= 0.6 is 15.9 Å². The number of aromatic carboxylic acids is 1. The van der Waals surface area contributed by atoms with Gasteiger partial charge in [-0.05, 0) is 34.1 Å². The Morgan fingerprint density at radius 2 is 2.21 bits per heavy atom. The number of carboxylic acids is 1. The maximum absolute atomic E-state index is 12.8. The second-order valence-corrected chi connectivity index (χ2v) is 3.60. The van der Waals surface area contributed by atoms with Gasteiger partial charge in [-0.3, -0.25) is 0 Å². The number of hydrogen-bond acceptors (Lipinski definition) is 1. The van der Waals surface area contributed by atoms with Crippen molar-refractivity contribution in [3.8, 4) is 0 Å². The molecule has 1 heterocycles. The highest BCUT2D eigenvalue weighted by Crippen LogP contribution is 2.28. The summed E-state index contributed by atoms with van der Waals surface area (Å²) in [6.07, 6.45) is 0. The lowest BCUT2D eigenvalue weighted by Gasteiger charge is -1.89. The minimum Gasteiger partial charge on any atom is -0.477 e. The molecule has 2 aromatic rings. The monoisotopic (exact) mass is 257 g/mol. The lowest BCUT2D eigenvalue weighted by atomic mass is 10.2. The standard InChI is InChI=1S/C9H5BrFNO2/c10-7-5-3-4(11)1-2-6(5)12-8(7)9(13)14/h1-3,12H,(H,13,14). The van der Waals surface area contributed by atoms with E-state index in [4.69, 9.17) is 5.11 Å². The van der Waals surface area contributed by atoms with Crippen LogP contribution in [0.2, 0.25) is 0 Å². The highest BCUT2D eigenvalue weighted by atomic mass is 79.9. The molecule has 0 aliphatic rings. The van der Waals surface area contributed by atoms with E-state index in [0.717, 1.165) is 0 Å². The van der Waals surface area contributed by atoms with Crippen molar-refractivity contribution in [2.24, 2.45) is 0 Å². The smallest absolute Gasteiger partial charge is 0.353 e. The summed E-state index contributed by atoms with van der Waals surface area (Å²) in [7, 11) is 0. The Morgan fingerprint density at radius 1 is 1.50 bits per heavy atom. The number of fused-ring (bicyclic) bond motifs is 1. The van der Waals surface area contributed by atoms with Crippen LogP contribution in [0.1, 0.15) is 10.5 Å². The number of rotatable bonds is 1. The fourth-order valence-corrected chi connectivity index (χ4v) is 1.88. The van der Waals surface area contributed by atoms with Crippen molar-refractivity contribution < 1.29 is 14.3 Å². The number of halogens is 2. The van der Waals surface area contributed by atoms with Gasteiger partial charge in [-0.25, -0.2) is 9.18 Å². The summed E-state index contributed by atoms with van der Waals surface area (Å²) in [5.41, 5.74) is 0.626. The molecule has 2 rings (SSSR count). The quantitative estimate of drug-likeness (QED) is 0.826. The predicted octanol–water partition coefficient (Wildman–Crippen LogP) is 2.77. The molecule has 72 valence electrons. The van der Waals surface area contributed by atoms with Crippen LogP contribution in [0.5, 0.6) is 0 Å². The molecule has 0 atom stereocenters. The number of H-pyrrole nitrogens is 1. The third-order valence-corrected chi connectivity index (χ3v) is 2.73.